The molecule has 2 N–H and O–H groups in total. The average Bonchev–Trinajstić information content (AvgIpc) is 2.31. The third-order valence-corrected chi connectivity index (χ3v) is 3.65. The number of nitrogens with two attached hydrogens (primary N) is 1. The maximum absolute atomic E-state index is 5.97. The SMILES string of the molecule is CCOC(CC1(CN)CCCCC1)OCC. The average molecular weight is 229 g/mol. The van der Waals surface area contributed by atoms with E-state index < -0.39 is 0 Å². The Bertz CT molecular complexity index is 173. The summed E-state index contributed by atoms with van der Waals surface area (Å²) in [6.07, 6.45) is 7.35. The number of rotatable bonds is 7. The lowest BCUT2D eigenvalue weighted by molar-refractivity contribution is -0.158. The number of ether oxygens (including phenoxy) is 2. The van der Waals surface area contributed by atoms with Crippen molar-refractivity contribution in [2.24, 2.45) is 11.1 Å². The first-order chi connectivity index (χ1) is 7.76. The molecule has 16 heavy (non-hydrogen) atoms. The third kappa shape index (κ3) is 4.04. The van der Waals surface area contributed by atoms with Crippen LogP contribution in [0, 0.1) is 5.41 Å². The second-order valence-electron chi connectivity index (χ2n) is 4.81. The van der Waals surface area contributed by atoms with Gasteiger partial charge in [-0.1, -0.05) is 19.3 Å². The molecule has 0 amide bonds. The molecule has 0 aromatic rings. The quantitative estimate of drug-likeness (QED) is 0.683. The molecule has 0 saturated heterocycles. The van der Waals surface area contributed by atoms with Crippen LogP contribution in [-0.2, 0) is 9.47 Å². The first kappa shape index (κ1) is 13.9. The molecule has 0 aromatic carbocycles. The van der Waals surface area contributed by atoms with Crippen LogP contribution in [-0.4, -0.2) is 26.0 Å². The molecule has 3 nitrogen and oxygen atoms in total. The van der Waals surface area contributed by atoms with Crippen LogP contribution in [0.1, 0.15) is 52.4 Å². The summed E-state index contributed by atoms with van der Waals surface area (Å²) in [5.74, 6) is 0. The molecule has 3 heteroatoms. The van der Waals surface area contributed by atoms with Gasteiger partial charge in [-0.2, -0.15) is 0 Å². The molecule has 1 fully saturated rings. The Kier molecular flexibility index (Phi) is 6.32. The lowest BCUT2D eigenvalue weighted by Gasteiger charge is -2.38. The van der Waals surface area contributed by atoms with E-state index in [9.17, 15) is 0 Å². The Hall–Kier alpha value is -0.120. The highest BCUT2D eigenvalue weighted by Crippen LogP contribution is 2.39. The van der Waals surface area contributed by atoms with Crippen molar-refractivity contribution in [2.45, 2.75) is 58.7 Å². The van der Waals surface area contributed by atoms with Gasteiger partial charge in [0.1, 0.15) is 0 Å². The molecule has 1 saturated carbocycles. The molecule has 1 aliphatic carbocycles. The molecule has 1 aliphatic rings. The van der Waals surface area contributed by atoms with Crippen molar-refractivity contribution in [3.05, 3.63) is 0 Å². The van der Waals surface area contributed by atoms with Gasteiger partial charge >= 0.3 is 0 Å². The zero-order chi connectivity index (χ0) is 11.9. The van der Waals surface area contributed by atoms with E-state index >= 15 is 0 Å². The van der Waals surface area contributed by atoms with E-state index in [0.717, 1.165) is 13.0 Å². The van der Waals surface area contributed by atoms with E-state index in [2.05, 4.69) is 0 Å². The summed E-state index contributed by atoms with van der Waals surface area (Å²) in [5.41, 5.74) is 6.24. The van der Waals surface area contributed by atoms with Gasteiger partial charge in [0.2, 0.25) is 0 Å². The predicted molar refractivity (Wildman–Crippen MR) is 66.2 cm³/mol. The van der Waals surface area contributed by atoms with Gasteiger partial charge in [0.15, 0.2) is 6.29 Å². The predicted octanol–water partition coefficient (Wildman–Crippen LogP) is 2.68. The van der Waals surface area contributed by atoms with Crippen LogP contribution >= 0.6 is 0 Å². The third-order valence-electron chi connectivity index (χ3n) is 3.65. The van der Waals surface area contributed by atoms with Crippen molar-refractivity contribution in [3.63, 3.8) is 0 Å². The van der Waals surface area contributed by atoms with Crippen LogP contribution < -0.4 is 5.73 Å². The van der Waals surface area contributed by atoms with Gasteiger partial charge in [-0.3, -0.25) is 0 Å². The van der Waals surface area contributed by atoms with E-state index in [-0.39, 0.29) is 11.7 Å². The van der Waals surface area contributed by atoms with Gasteiger partial charge < -0.3 is 15.2 Å². The van der Waals surface area contributed by atoms with E-state index in [4.69, 9.17) is 15.2 Å². The fourth-order valence-corrected chi connectivity index (χ4v) is 2.68. The van der Waals surface area contributed by atoms with Crippen LogP contribution in [0.15, 0.2) is 0 Å². The topological polar surface area (TPSA) is 44.5 Å². The molecule has 0 aromatic heterocycles. The zero-order valence-electron chi connectivity index (χ0n) is 10.8. The monoisotopic (exact) mass is 229 g/mol. The summed E-state index contributed by atoms with van der Waals surface area (Å²) >= 11 is 0. The van der Waals surface area contributed by atoms with Crippen LogP contribution in [0.4, 0.5) is 0 Å². The highest BCUT2D eigenvalue weighted by molar-refractivity contribution is 4.84. The van der Waals surface area contributed by atoms with Crippen molar-refractivity contribution >= 4 is 0 Å². The minimum Gasteiger partial charge on any atom is -0.353 e. The minimum atomic E-state index is -0.0587. The molecule has 0 bridgehead atoms. The molecular weight excluding hydrogens is 202 g/mol. The molecule has 0 spiro atoms. The first-order valence-corrected chi connectivity index (χ1v) is 6.69. The summed E-state index contributed by atoms with van der Waals surface area (Å²) in [5, 5.41) is 0. The summed E-state index contributed by atoms with van der Waals surface area (Å²) in [6, 6.07) is 0. The van der Waals surface area contributed by atoms with Crippen molar-refractivity contribution in [3.8, 4) is 0 Å². The fraction of sp³-hybridized carbons (Fsp3) is 1.00. The summed E-state index contributed by atoms with van der Waals surface area (Å²) in [4.78, 5) is 0. The summed E-state index contributed by atoms with van der Waals surface area (Å²) in [6.45, 7) is 6.23. The molecule has 1 rings (SSSR count). The van der Waals surface area contributed by atoms with Gasteiger partial charge in [0.05, 0.1) is 0 Å². The normalized spacial score (nSPS) is 20.2. The van der Waals surface area contributed by atoms with Crippen LogP contribution in [0.5, 0.6) is 0 Å². The van der Waals surface area contributed by atoms with Crippen molar-refractivity contribution in [1.82, 2.24) is 0 Å². The second kappa shape index (κ2) is 7.25. The van der Waals surface area contributed by atoms with Gasteiger partial charge in [-0.15, -0.1) is 0 Å². The molecule has 96 valence electrons. The number of hydrogen-bond donors (Lipinski definition) is 1. The molecule has 0 aliphatic heterocycles. The largest absolute Gasteiger partial charge is 0.353 e. The Balaban J connectivity index is 2.50. The Morgan fingerprint density at radius 2 is 1.62 bits per heavy atom. The summed E-state index contributed by atoms with van der Waals surface area (Å²) in [7, 11) is 0. The van der Waals surface area contributed by atoms with E-state index in [1.165, 1.54) is 32.1 Å². The molecule has 0 radical (unpaired) electrons. The van der Waals surface area contributed by atoms with E-state index in [0.29, 0.717) is 13.2 Å². The van der Waals surface area contributed by atoms with Crippen LogP contribution in [0.25, 0.3) is 0 Å². The van der Waals surface area contributed by atoms with Crippen LogP contribution in [0.2, 0.25) is 0 Å². The first-order valence-electron chi connectivity index (χ1n) is 6.69. The molecule has 0 heterocycles. The second-order valence-corrected chi connectivity index (χ2v) is 4.81. The van der Waals surface area contributed by atoms with Gasteiger partial charge in [0, 0.05) is 19.6 Å². The lowest BCUT2D eigenvalue weighted by Crippen LogP contribution is -2.37. The van der Waals surface area contributed by atoms with Gasteiger partial charge in [0.25, 0.3) is 0 Å². The molecule has 0 atom stereocenters. The zero-order valence-corrected chi connectivity index (χ0v) is 10.8. The maximum Gasteiger partial charge on any atom is 0.158 e. The molecule has 0 unspecified atom stereocenters. The molecular formula is C13H27NO2. The highest BCUT2D eigenvalue weighted by atomic mass is 16.7. The van der Waals surface area contributed by atoms with Gasteiger partial charge in [-0.05, 0) is 38.6 Å². The van der Waals surface area contributed by atoms with Crippen molar-refractivity contribution in [2.75, 3.05) is 19.8 Å². The van der Waals surface area contributed by atoms with Crippen molar-refractivity contribution < 1.29 is 9.47 Å². The Morgan fingerprint density at radius 3 is 2.06 bits per heavy atom. The van der Waals surface area contributed by atoms with Crippen LogP contribution in [0.3, 0.4) is 0 Å². The van der Waals surface area contributed by atoms with Crippen molar-refractivity contribution in [1.29, 1.82) is 0 Å². The van der Waals surface area contributed by atoms with E-state index in [1.807, 2.05) is 13.8 Å². The number of hydrogen-bond acceptors (Lipinski definition) is 3. The fourth-order valence-electron chi connectivity index (χ4n) is 2.68. The maximum atomic E-state index is 5.97. The van der Waals surface area contributed by atoms with Gasteiger partial charge in [-0.25, -0.2) is 0 Å². The van der Waals surface area contributed by atoms with E-state index in [1.54, 1.807) is 0 Å². The summed E-state index contributed by atoms with van der Waals surface area (Å²) < 4.78 is 11.3. The minimum absolute atomic E-state index is 0.0587. The standard InChI is InChI=1S/C13H27NO2/c1-3-15-12(16-4-2)10-13(11-14)8-6-5-7-9-13/h12H,3-11,14H2,1-2H3. The lowest BCUT2D eigenvalue weighted by atomic mass is 9.71. The smallest absolute Gasteiger partial charge is 0.158 e. The highest BCUT2D eigenvalue weighted by Gasteiger charge is 2.33. The Labute approximate surface area is 99.7 Å². The Morgan fingerprint density at radius 1 is 1.06 bits per heavy atom.